The van der Waals surface area contributed by atoms with Crippen LogP contribution >= 0.6 is 0 Å². The minimum Gasteiger partial charge on any atom is -0.455 e. The van der Waals surface area contributed by atoms with Gasteiger partial charge in [-0.15, -0.1) is 0 Å². The molecule has 2 aliphatic rings. The summed E-state index contributed by atoms with van der Waals surface area (Å²) in [6, 6.07) is 8.59. The van der Waals surface area contributed by atoms with Crippen molar-refractivity contribution < 1.29 is 14.3 Å². The number of rotatable bonds is 4. The number of hydrogen-bond donors (Lipinski definition) is 1. The van der Waals surface area contributed by atoms with Crippen LogP contribution in [0.25, 0.3) is 0 Å². The second-order valence-corrected chi connectivity index (χ2v) is 5.74. The fourth-order valence-electron chi connectivity index (χ4n) is 3.16. The minimum atomic E-state index is -0.401. The van der Waals surface area contributed by atoms with Gasteiger partial charge < -0.3 is 10.1 Å². The molecule has 3 rings (SSSR count). The van der Waals surface area contributed by atoms with Crippen LogP contribution in [0.1, 0.15) is 18.4 Å². The lowest BCUT2D eigenvalue weighted by molar-refractivity contribution is -0.152. The molecule has 0 saturated heterocycles. The molecule has 5 heteroatoms. The van der Waals surface area contributed by atoms with E-state index in [1.54, 1.807) is 24.3 Å². The molecule has 1 fully saturated rings. The van der Waals surface area contributed by atoms with Crippen molar-refractivity contribution in [2.75, 3.05) is 11.9 Å². The maximum atomic E-state index is 12.0. The molecule has 1 aromatic rings. The third-order valence-corrected chi connectivity index (χ3v) is 4.20. The van der Waals surface area contributed by atoms with Gasteiger partial charge in [-0.25, -0.2) is 0 Å². The summed E-state index contributed by atoms with van der Waals surface area (Å²) in [4.78, 5) is 23.8. The third-order valence-electron chi connectivity index (χ3n) is 4.20. The van der Waals surface area contributed by atoms with E-state index >= 15 is 0 Å². The highest BCUT2D eigenvalue weighted by Crippen LogP contribution is 2.43. The van der Waals surface area contributed by atoms with Crippen LogP contribution in [0.4, 0.5) is 5.69 Å². The molecule has 22 heavy (non-hydrogen) atoms. The molecule has 0 radical (unpaired) electrons. The molecule has 0 spiro atoms. The maximum absolute atomic E-state index is 12.0. The first kappa shape index (κ1) is 14.3. The van der Waals surface area contributed by atoms with Crippen molar-refractivity contribution in [3.63, 3.8) is 0 Å². The summed E-state index contributed by atoms with van der Waals surface area (Å²) in [6.45, 7) is -0.298. The third kappa shape index (κ3) is 3.01. The maximum Gasteiger partial charge on any atom is 0.310 e. The number of fused-ring (bicyclic) bond motifs is 2. The molecule has 3 unspecified atom stereocenters. The highest BCUT2D eigenvalue weighted by atomic mass is 16.5. The molecule has 1 aromatic carbocycles. The van der Waals surface area contributed by atoms with Crippen molar-refractivity contribution in [1.82, 2.24) is 0 Å². The second-order valence-electron chi connectivity index (χ2n) is 5.74. The average Bonchev–Trinajstić information content (AvgIpc) is 3.16. The number of carbonyl (C=O) groups is 2. The number of nitrogens with one attached hydrogen (secondary N) is 1. The highest BCUT2D eigenvalue weighted by molar-refractivity contribution is 5.93. The van der Waals surface area contributed by atoms with E-state index in [9.17, 15) is 9.59 Å². The quantitative estimate of drug-likeness (QED) is 0.682. The Bertz CT molecular complexity index is 675. The van der Waals surface area contributed by atoms with Gasteiger partial charge in [0.15, 0.2) is 6.61 Å². The Hall–Kier alpha value is -2.61. The van der Waals surface area contributed by atoms with Gasteiger partial charge in [0.05, 0.1) is 17.6 Å². The monoisotopic (exact) mass is 296 g/mol. The van der Waals surface area contributed by atoms with E-state index in [1.807, 2.05) is 6.07 Å². The lowest BCUT2D eigenvalue weighted by atomic mass is 9.94. The van der Waals surface area contributed by atoms with E-state index < -0.39 is 5.91 Å². The summed E-state index contributed by atoms with van der Waals surface area (Å²) in [5.41, 5.74) is 0.978. The minimum absolute atomic E-state index is 0.107. The van der Waals surface area contributed by atoms with Gasteiger partial charge >= 0.3 is 5.97 Å². The molecule has 3 atom stereocenters. The van der Waals surface area contributed by atoms with Gasteiger partial charge in [0.2, 0.25) is 0 Å². The molecule has 1 amide bonds. The molecule has 0 heterocycles. The topological polar surface area (TPSA) is 79.2 Å². The zero-order chi connectivity index (χ0) is 15.5. The number of amides is 1. The number of nitrogens with zero attached hydrogens (tertiary/aromatic N) is 1. The Morgan fingerprint density at radius 1 is 1.32 bits per heavy atom. The van der Waals surface area contributed by atoms with Gasteiger partial charge in [-0.2, -0.15) is 5.26 Å². The van der Waals surface area contributed by atoms with Gasteiger partial charge in [-0.1, -0.05) is 18.2 Å². The van der Waals surface area contributed by atoms with E-state index in [-0.39, 0.29) is 24.4 Å². The predicted molar refractivity (Wildman–Crippen MR) is 79.6 cm³/mol. The highest BCUT2D eigenvalue weighted by Gasteiger charge is 2.40. The predicted octanol–water partition coefficient (Wildman–Crippen LogP) is 2.25. The molecular weight excluding hydrogens is 280 g/mol. The van der Waals surface area contributed by atoms with Crippen molar-refractivity contribution in [2.24, 2.45) is 17.8 Å². The number of esters is 1. The number of ether oxygens (including phenoxy) is 1. The van der Waals surface area contributed by atoms with Gasteiger partial charge in [-0.05, 0) is 42.9 Å². The number of hydrogen-bond acceptors (Lipinski definition) is 4. The smallest absolute Gasteiger partial charge is 0.310 e. The standard InChI is InChI=1S/C17H16N2O3/c18-9-12-2-1-3-14(7-12)19-16(20)10-22-17(21)15-8-11-4-5-13(15)6-11/h1-5,7,11,13,15H,6,8,10H2,(H,19,20). The van der Waals surface area contributed by atoms with E-state index in [1.165, 1.54) is 0 Å². The molecule has 1 N–H and O–H groups in total. The Balaban J connectivity index is 1.49. The molecule has 5 nitrogen and oxygen atoms in total. The van der Waals surface area contributed by atoms with Gasteiger partial charge in [-0.3, -0.25) is 9.59 Å². The molecule has 1 saturated carbocycles. The van der Waals surface area contributed by atoms with Gasteiger partial charge in [0.1, 0.15) is 0 Å². The summed E-state index contributed by atoms with van der Waals surface area (Å²) in [5, 5.41) is 11.4. The summed E-state index contributed by atoms with van der Waals surface area (Å²) in [6.07, 6.45) is 6.08. The first-order valence-electron chi connectivity index (χ1n) is 7.30. The number of carbonyl (C=O) groups excluding carboxylic acids is 2. The summed E-state index contributed by atoms with van der Waals surface area (Å²) < 4.78 is 5.12. The van der Waals surface area contributed by atoms with E-state index in [0.29, 0.717) is 17.2 Å². The van der Waals surface area contributed by atoms with Crippen LogP contribution in [0.15, 0.2) is 36.4 Å². The fourth-order valence-corrected chi connectivity index (χ4v) is 3.16. The zero-order valence-corrected chi connectivity index (χ0v) is 12.0. The number of allylic oxidation sites excluding steroid dienone is 2. The molecule has 2 aliphatic carbocycles. The normalized spacial score (nSPS) is 24.8. The molecular formula is C17H16N2O3. The summed E-state index contributed by atoms with van der Waals surface area (Å²) >= 11 is 0. The van der Waals surface area contributed by atoms with Crippen molar-refractivity contribution >= 4 is 17.6 Å². The zero-order valence-electron chi connectivity index (χ0n) is 12.0. The van der Waals surface area contributed by atoms with Crippen LogP contribution < -0.4 is 5.32 Å². The fraction of sp³-hybridized carbons (Fsp3) is 0.353. The Labute approximate surface area is 128 Å². The average molecular weight is 296 g/mol. The van der Waals surface area contributed by atoms with Crippen molar-refractivity contribution in [3.05, 3.63) is 42.0 Å². The SMILES string of the molecule is N#Cc1cccc(NC(=O)COC(=O)C2CC3C=CC2C3)c1. The van der Waals surface area contributed by atoms with E-state index in [0.717, 1.165) is 12.8 Å². The molecule has 2 bridgehead atoms. The summed E-state index contributed by atoms with van der Waals surface area (Å²) in [5.74, 6) is -0.0393. The largest absolute Gasteiger partial charge is 0.455 e. The van der Waals surface area contributed by atoms with E-state index in [4.69, 9.17) is 10.00 Å². The second kappa shape index (κ2) is 6.02. The van der Waals surface area contributed by atoms with Crippen LogP contribution in [0.5, 0.6) is 0 Å². The molecule has 0 aromatic heterocycles. The number of benzene rings is 1. The van der Waals surface area contributed by atoms with E-state index in [2.05, 4.69) is 17.5 Å². The first-order chi connectivity index (χ1) is 10.7. The molecule has 0 aliphatic heterocycles. The first-order valence-corrected chi connectivity index (χ1v) is 7.30. The number of anilines is 1. The van der Waals surface area contributed by atoms with Crippen LogP contribution in [-0.2, 0) is 14.3 Å². The van der Waals surface area contributed by atoms with Crippen molar-refractivity contribution in [3.8, 4) is 6.07 Å². The number of nitriles is 1. The lowest BCUT2D eigenvalue weighted by Gasteiger charge is -2.16. The van der Waals surface area contributed by atoms with Crippen molar-refractivity contribution in [2.45, 2.75) is 12.8 Å². The van der Waals surface area contributed by atoms with Gasteiger partial charge in [0.25, 0.3) is 5.91 Å². The van der Waals surface area contributed by atoms with Crippen LogP contribution in [0.3, 0.4) is 0 Å². The Morgan fingerprint density at radius 3 is 2.86 bits per heavy atom. The Kier molecular flexibility index (Phi) is 3.92. The van der Waals surface area contributed by atoms with Crippen LogP contribution in [-0.4, -0.2) is 18.5 Å². The lowest BCUT2D eigenvalue weighted by Crippen LogP contribution is -2.26. The van der Waals surface area contributed by atoms with Gasteiger partial charge in [0, 0.05) is 5.69 Å². The van der Waals surface area contributed by atoms with Crippen LogP contribution in [0.2, 0.25) is 0 Å². The van der Waals surface area contributed by atoms with Crippen LogP contribution in [0, 0.1) is 29.1 Å². The van der Waals surface area contributed by atoms with Crippen molar-refractivity contribution in [1.29, 1.82) is 5.26 Å². The Morgan fingerprint density at radius 2 is 2.18 bits per heavy atom. The summed E-state index contributed by atoms with van der Waals surface area (Å²) in [7, 11) is 0. The molecule has 112 valence electrons.